The molecule has 0 fully saturated rings. The van der Waals surface area contributed by atoms with Crippen molar-refractivity contribution >= 4 is 5.97 Å². The summed E-state index contributed by atoms with van der Waals surface area (Å²) in [6, 6.07) is 6.16. The molecule has 0 bridgehead atoms. The fourth-order valence-corrected chi connectivity index (χ4v) is 4.91. The van der Waals surface area contributed by atoms with Gasteiger partial charge in [-0.3, -0.25) is 4.79 Å². The molecule has 33 heavy (non-hydrogen) atoms. The average Bonchev–Trinajstić information content (AvgIpc) is 3.31. The van der Waals surface area contributed by atoms with E-state index < -0.39 is 5.97 Å². The quantitative estimate of drug-likeness (QED) is 0.173. The van der Waals surface area contributed by atoms with Crippen LogP contribution in [0.1, 0.15) is 108 Å². The standard InChI is InChI=1S/C30H46O3/c1-2-3-7-19-28-24-27(21-22-29(28)31)23-26(18-10-6-11-20-30(32)33)17-9-5-4-8-14-25-15-12-13-16-25/h6,10,12,15,21-22,24-26,31H,2-5,7-9,11,13-14,16-20,23H2,1H3,(H,32,33)/b10-6+/t25-,26-/m1/s1. The molecular weight excluding hydrogens is 408 g/mol. The molecule has 1 aromatic carbocycles. The Hall–Kier alpha value is -2.03. The topological polar surface area (TPSA) is 57.5 Å². The molecular formula is C30H46O3. The smallest absolute Gasteiger partial charge is 0.303 e. The molecule has 2 rings (SSSR count). The Labute approximate surface area is 202 Å². The fourth-order valence-electron chi connectivity index (χ4n) is 4.91. The van der Waals surface area contributed by atoms with Crippen LogP contribution in [0.4, 0.5) is 0 Å². The predicted octanol–water partition coefficient (Wildman–Crippen LogP) is 8.40. The van der Waals surface area contributed by atoms with Crippen LogP contribution in [-0.2, 0) is 17.6 Å². The second-order valence-electron chi connectivity index (χ2n) is 9.89. The first-order chi connectivity index (χ1) is 16.1. The normalized spacial score (nSPS) is 16.6. The van der Waals surface area contributed by atoms with E-state index in [1.54, 1.807) is 0 Å². The highest BCUT2D eigenvalue weighted by Crippen LogP contribution is 2.27. The first-order valence-electron chi connectivity index (χ1n) is 13.4. The lowest BCUT2D eigenvalue weighted by Gasteiger charge is -2.17. The van der Waals surface area contributed by atoms with Gasteiger partial charge in [-0.1, -0.05) is 81.9 Å². The highest BCUT2D eigenvalue weighted by Gasteiger charge is 2.12. The number of benzene rings is 1. The summed E-state index contributed by atoms with van der Waals surface area (Å²) in [6.07, 6.45) is 26.6. The lowest BCUT2D eigenvalue weighted by atomic mass is 9.89. The van der Waals surface area contributed by atoms with E-state index in [0.29, 0.717) is 18.1 Å². The zero-order valence-corrected chi connectivity index (χ0v) is 20.8. The number of aliphatic carboxylic acids is 1. The highest BCUT2D eigenvalue weighted by molar-refractivity contribution is 5.66. The van der Waals surface area contributed by atoms with E-state index in [-0.39, 0.29) is 6.42 Å². The number of aryl methyl sites for hydroxylation is 1. The Kier molecular flexibility index (Phi) is 13.7. The molecule has 1 aliphatic rings. The molecule has 0 radical (unpaired) electrons. The molecule has 0 saturated carbocycles. The van der Waals surface area contributed by atoms with Crippen LogP contribution in [0.5, 0.6) is 5.75 Å². The maximum atomic E-state index is 10.7. The van der Waals surface area contributed by atoms with Gasteiger partial charge < -0.3 is 10.2 Å². The largest absolute Gasteiger partial charge is 0.508 e. The summed E-state index contributed by atoms with van der Waals surface area (Å²) in [5.41, 5.74) is 2.40. The van der Waals surface area contributed by atoms with Crippen LogP contribution in [0.3, 0.4) is 0 Å². The van der Waals surface area contributed by atoms with Crippen LogP contribution in [0, 0.1) is 11.8 Å². The fraction of sp³-hybridized carbons (Fsp3) is 0.633. The summed E-state index contributed by atoms with van der Waals surface area (Å²) in [5.74, 6) is 1.09. The van der Waals surface area contributed by atoms with Crippen molar-refractivity contribution in [3.63, 3.8) is 0 Å². The zero-order chi connectivity index (χ0) is 23.7. The summed E-state index contributed by atoms with van der Waals surface area (Å²) in [7, 11) is 0. The van der Waals surface area contributed by atoms with Crippen LogP contribution < -0.4 is 0 Å². The summed E-state index contributed by atoms with van der Waals surface area (Å²) >= 11 is 0. The molecule has 3 heteroatoms. The summed E-state index contributed by atoms with van der Waals surface area (Å²) < 4.78 is 0. The zero-order valence-electron chi connectivity index (χ0n) is 20.8. The number of carbonyl (C=O) groups is 1. The number of phenols is 1. The second-order valence-corrected chi connectivity index (χ2v) is 9.89. The van der Waals surface area contributed by atoms with E-state index in [1.165, 1.54) is 69.8 Å². The van der Waals surface area contributed by atoms with Crippen molar-refractivity contribution in [3.05, 3.63) is 53.6 Å². The van der Waals surface area contributed by atoms with Crippen molar-refractivity contribution in [2.75, 3.05) is 0 Å². The summed E-state index contributed by atoms with van der Waals surface area (Å²) in [6.45, 7) is 2.21. The highest BCUT2D eigenvalue weighted by atomic mass is 16.4. The van der Waals surface area contributed by atoms with E-state index in [1.807, 2.05) is 12.1 Å². The number of rotatable bonds is 18. The lowest BCUT2D eigenvalue weighted by molar-refractivity contribution is -0.136. The average molecular weight is 455 g/mol. The minimum Gasteiger partial charge on any atom is -0.508 e. The van der Waals surface area contributed by atoms with Gasteiger partial charge in [0.1, 0.15) is 5.75 Å². The van der Waals surface area contributed by atoms with Crippen molar-refractivity contribution in [2.24, 2.45) is 11.8 Å². The first kappa shape index (κ1) is 27.2. The number of unbranched alkanes of at least 4 members (excludes halogenated alkanes) is 5. The molecule has 0 amide bonds. The number of aromatic hydroxyl groups is 1. The van der Waals surface area contributed by atoms with Gasteiger partial charge in [-0.15, -0.1) is 0 Å². The monoisotopic (exact) mass is 454 g/mol. The Morgan fingerprint density at radius 3 is 2.73 bits per heavy atom. The number of carboxylic acids is 1. The van der Waals surface area contributed by atoms with Gasteiger partial charge in [0.15, 0.2) is 0 Å². The predicted molar refractivity (Wildman–Crippen MR) is 139 cm³/mol. The summed E-state index contributed by atoms with van der Waals surface area (Å²) in [4.78, 5) is 10.7. The van der Waals surface area contributed by atoms with Crippen LogP contribution in [0.15, 0.2) is 42.5 Å². The molecule has 184 valence electrons. The first-order valence-corrected chi connectivity index (χ1v) is 13.4. The van der Waals surface area contributed by atoms with Crippen molar-refractivity contribution < 1.29 is 15.0 Å². The van der Waals surface area contributed by atoms with Crippen LogP contribution in [-0.4, -0.2) is 16.2 Å². The van der Waals surface area contributed by atoms with Gasteiger partial charge in [-0.05, 0) is 86.8 Å². The number of carboxylic acid groups (broad SMARTS) is 1. The minimum absolute atomic E-state index is 0.205. The third-order valence-electron chi connectivity index (χ3n) is 6.93. The van der Waals surface area contributed by atoms with Gasteiger partial charge in [-0.25, -0.2) is 0 Å². The molecule has 0 aromatic heterocycles. The second kappa shape index (κ2) is 16.6. The SMILES string of the molecule is CCCCCc1cc(C[C@@H](C/C=C/CCC(=O)O)CCCCCC[C@@H]2C=CCC2)ccc1O. The van der Waals surface area contributed by atoms with Gasteiger partial charge in [-0.2, -0.15) is 0 Å². The van der Waals surface area contributed by atoms with E-state index in [2.05, 4.69) is 37.3 Å². The maximum absolute atomic E-state index is 10.7. The van der Waals surface area contributed by atoms with Crippen LogP contribution in [0.25, 0.3) is 0 Å². The Morgan fingerprint density at radius 2 is 1.97 bits per heavy atom. The van der Waals surface area contributed by atoms with E-state index in [9.17, 15) is 9.90 Å². The van der Waals surface area contributed by atoms with Gasteiger partial charge >= 0.3 is 5.97 Å². The van der Waals surface area contributed by atoms with Gasteiger partial charge in [0.05, 0.1) is 0 Å². The van der Waals surface area contributed by atoms with Crippen molar-refractivity contribution in [3.8, 4) is 5.75 Å². The number of hydrogen-bond acceptors (Lipinski definition) is 2. The molecule has 0 aliphatic heterocycles. The van der Waals surface area contributed by atoms with Crippen LogP contribution in [0.2, 0.25) is 0 Å². The number of hydrogen-bond donors (Lipinski definition) is 2. The molecule has 1 aromatic rings. The van der Waals surface area contributed by atoms with Crippen molar-refractivity contribution in [2.45, 2.75) is 110 Å². The van der Waals surface area contributed by atoms with Crippen LogP contribution >= 0.6 is 0 Å². The molecule has 3 nitrogen and oxygen atoms in total. The minimum atomic E-state index is -0.732. The molecule has 0 heterocycles. The van der Waals surface area contributed by atoms with Gasteiger partial charge in [0.25, 0.3) is 0 Å². The van der Waals surface area contributed by atoms with Crippen molar-refractivity contribution in [1.29, 1.82) is 0 Å². The summed E-state index contributed by atoms with van der Waals surface area (Å²) in [5, 5.41) is 19.1. The molecule has 1 aliphatic carbocycles. The maximum Gasteiger partial charge on any atom is 0.303 e. The Bertz CT molecular complexity index is 734. The molecule has 0 spiro atoms. The van der Waals surface area contributed by atoms with Gasteiger partial charge in [0.2, 0.25) is 0 Å². The Balaban J connectivity index is 1.83. The van der Waals surface area contributed by atoms with E-state index >= 15 is 0 Å². The molecule has 2 N–H and O–H groups in total. The molecule has 2 atom stereocenters. The third kappa shape index (κ3) is 12.1. The molecule has 0 unspecified atom stereocenters. The van der Waals surface area contributed by atoms with Crippen molar-refractivity contribution in [1.82, 2.24) is 0 Å². The third-order valence-corrected chi connectivity index (χ3v) is 6.93. The number of phenolic OH excluding ortho intramolecular Hbond substituents is 1. The number of allylic oxidation sites excluding steroid dienone is 4. The van der Waals surface area contributed by atoms with Gasteiger partial charge in [0, 0.05) is 6.42 Å². The molecule has 0 saturated heterocycles. The van der Waals surface area contributed by atoms with E-state index in [0.717, 1.165) is 37.2 Å². The van der Waals surface area contributed by atoms with E-state index in [4.69, 9.17) is 5.11 Å². The Morgan fingerprint density at radius 1 is 1.12 bits per heavy atom. The lowest BCUT2D eigenvalue weighted by Crippen LogP contribution is -2.05.